The number of unbranched alkanes of at least 4 members (excludes halogenated alkanes) is 1. The molecule has 12 nitrogen and oxygen atoms in total. The average molecular weight is 646 g/mol. The molecule has 13 heteroatoms. The fraction of sp³-hybridized carbons (Fsp3) is 0.625. The van der Waals surface area contributed by atoms with Gasteiger partial charge in [0.15, 0.2) is 0 Å². The summed E-state index contributed by atoms with van der Waals surface area (Å²) in [5.41, 5.74) is 13.1. The van der Waals surface area contributed by atoms with Crippen LogP contribution in [0.5, 0.6) is 0 Å². The normalized spacial score (nSPS) is 14.1. The maximum absolute atomic E-state index is 13.5. The zero-order valence-electron chi connectivity index (χ0n) is 27.4. The van der Waals surface area contributed by atoms with E-state index in [0.717, 1.165) is 10.2 Å². The SMILES string of the molecule is CCC(=O)N[C@@H](Cc1nc2ccc(C(C)C)cc2s1)C(=O)N[C@@H](CC)C(=O)N[C@@H](CCCCN)C(=O)N[C@@H](CC(C)C)C(N)=O. The van der Waals surface area contributed by atoms with E-state index >= 15 is 0 Å². The summed E-state index contributed by atoms with van der Waals surface area (Å²) in [6.45, 7) is 11.9. The molecule has 2 aromatic rings. The third-order valence-electron chi connectivity index (χ3n) is 7.46. The summed E-state index contributed by atoms with van der Waals surface area (Å²) in [4.78, 5) is 69.1. The Morgan fingerprint density at radius 1 is 0.844 bits per heavy atom. The highest BCUT2D eigenvalue weighted by Crippen LogP contribution is 2.27. The molecule has 0 aliphatic carbocycles. The highest BCUT2D eigenvalue weighted by Gasteiger charge is 2.31. The molecule has 250 valence electrons. The summed E-state index contributed by atoms with van der Waals surface area (Å²) in [6.07, 6.45) is 2.42. The monoisotopic (exact) mass is 645 g/mol. The molecule has 4 atom stereocenters. The summed E-state index contributed by atoms with van der Waals surface area (Å²) in [5.74, 6) is -2.12. The Bertz CT molecular complexity index is 1310. The molecule has 0 saturated carbocycles. The smallest absolute Gasteiger partial charge is 0.243 e. The van der Waals surface area contributed by atoms with Crippen LogP contribution >= 0.6 is 11.3 Å². The molecule has 2 rings (SSSR count). The molecule has 0 aliphatic rings. The van der Waals surface area contributed by atoms with Crippen LogP contribution in [-0.4, -0.2) is 65.2 Å². The minimum absolute atomic E-state index is 0.106. The fourth-order valence-corrected chi connectivity index (χ4v) is 5.83. The van der Waals surface area contributed by atoms with E-state index in [4.69, 9.17) is 11.5 Å². The van der Waals surface area contributed by atoms with Gasteiger partial charge >= 0.3 is 0 Å². The molecule has 0 fully saturated rings. The molecule has 1 aromatic carbocycles. The lowest BCUT2D eigenvalue weighted by Gasteiger charge is -2.26. The van der Waals surface area contributed by atoms with Crippen LogP contribution in [0.15, 0.2) is 18.2 Å². The minimum Gasteiger partial charge on any atom is -0.368 e. The molecule has 0 radical (unpaired) electrons. The molecule has 0 aliphatic heterocycles. The quantitative estimate of drug-likeness (QED) is 0.126. The lowest BCUT2D eigenvalue weighted by molar-refractivity contribution is -0.134. The number of hydrogen-bond acceptors (Lipinski definition) is 8. The van der Waals surface area contributed by atoms with Gasteiger partial charge in [-0.05, 0) is 68.2 Å². The van der Waals surface area contributed by atoms with Gasteiger partial charge in [0.05, 0.1) is 15.2 Å². The fourth-order valence-electron chi connectivity index (χ4n) is 4.76. The summed E-state index contributed by atoms with van der Waals surface area (Å²) >= 11 is 1.46. The molecule has 5 amide bonds. The third kappa shape index (κ3) is 12.0. The van der Waals surface area contributed by atoms with Gasteiger partial charge in [-0.25, -0.2) is 4.98 Å². The van der Waals surface area contributed by atoms with Gasteiger partial charge in [-0.2, -0.15) is 0 Å². The topological polar surface area (TPSA) is 198 Å². The summed E-state index contributed by atoms with van der Waals surface area (Å²) in [5, 5.41) is 11.6. The number of primary amides is 1. The minimum atomic E-state index is -0.977. The van der Waals surface area contributed by atoms with Crippen LogP contribution in [-0.2, 0) is 30.4 Å². The first-order chi connectivity index (χ1) is 21.3. The second kappa shape index (κ2) is 18.4. The molecule has 0 bridgehead atoms. The van der Waals surface area contributed by atoms with Gasteiger partial charge in [-0.1, -0.05) is 47.6 Å². The number of carbonyl (C=O) groups is 5. The Morgan fingerprint density at radius 2 is 1.47 bits per heavy atom. The molecular weight excluding hydrogens is 594 g/mol. The molecule has 0 saturated heterocycles. The van der Waals surface area contributed by atoms with E-state index in [1.807, 2.05) is 26.0 Å². The van der Waals surface area contributed by atoms with Crippen molar-refractivity contribution in [3.63, 3.8) is 0 Å². The second-order valence-corrected chi connectivity index (χ2v) is 13.2. The maximum atomic E-state index is 13.5. The molecule has 1 aromatic heterocycles. The first kappa shape index (κ1) is 37.6. The van der Waals surface area contributed by atoms with Gasteiger partial charge in [0.25, 0.3) is 0 Å². The van der Waals surface area contributed by atoms with Crippen molar-refractivity contribution < 1.29 is 24.0 Å². The number of nitrogens with one attached hydrogen (secondary N) is 4. The van der Waals surface area contributed by atoms with Crippen LogP contribution in [0.1, 0.15) is 96.6 Å². The Kier molecular flexibility index (Phi) is 15.4. The number of carbonyl (C=O) groups excluding carboxylic acids is 5. The van der Waals surface area contributed by atoms with Crippen molar-refractivity contribution in [2.45, 2.75) is 117 Å². The summed E-state index contributed by atoms with van der Waals surface area (Å²) in [7, 11) is 0. The van der Waals surface area contributed by atoms with Gasteiger partial charge in [0.1, 0.15) is 24.2 Å². The Morgan fingerprint density at radius 3 is 2.04 bits per heavy atom. The lowest BCUT2D eigenvalue weighted by atomic mass is 10.0. The van der Waals surface area contributed by atoms with Crippen LogP contribution in [0, 0.1) is 5.92 Å². The molecule has 8 N–H and O–H groups in total. The number of fused-ring (bicyclic) bond motifs is 1. The molecular formula is C32H51N7O5S. The predicted octanol–water partition coefficient (Wildman–Crippen LogP) is 2.38. The summed E-state index contributed by atoms with van der Waals surface area (Å²) in [6, 6.07) is 2.30. The van der Waals surface area contributed by atoms with Crippen molar-refractivity contribution in [2.24, 2.45) is 17.4 Å². The first-order valence-corrected chi connectivity index (χ1v) is 16.7. The largest absolute Gasteiger partial charge is 0.368 e. The van der Waals surface area contributed by atoms with Crippen LogP contribution in [0.2, 0.25) is 0 Å². The highest BCUT2D eigenvalue weighted by molar-refractivity contribution is 7.18. The van der Waals surface area contributed by atoms with Crippen molar-refractivity contribution >= 4 is 51.1 Å². The van der Waals surface area contributed by atoms with Gasteiger partial charge in [0.2, 0.25) is 29.5 Å². The maximum Gasteiger partial charge on any atom is 0.243 e. The standard InChI is InChI=1S/C32H51N7O5S/c1-7-21(30(42)38-23(11-9-10-14-33)31(43)39-24(29(34)41)15-18(3)4)37-32(44)25(35-27(40)8-2)17-28-36-22-13-12-20(19(5)6)16-26(22)45-28/h12-13,16,18-19,21,23-25H,7-11,14-15,17,33H2,1-6H3,(H2,34,41)(H,35,40)(H,37,44)(H,38,42)(H,39,43)/t21-,23-,24-,25-/m0/s1. The number of aromatic nitrogens is 1. The van der Waals surface area contributed by atoms with Gasteiger partial charge in [-0.3, -0.25) is 24.0 Å². The van der Waals surface area contributed by atoms with E-state index in [9.17, 15) is 24.0 Å². The van der Waals surface area contributed by atoms with Crippen molar-refractivity contribution in [3.8, 4) is 0 Å². The van der Waals surface area contributed by atoms with Gasteiger partial charge in [-0.15, -0.1) is 11.3 Å². The zero-order valence-corrected chi connectivity index (χ0v) is 28.2. The number of nitrogens with zero attached hydrogens (tertiary/aromatic N) is 1. The van der Waals surface area contributed by atoms with Crippen LogP contribution in [0.4, 0.5) is 0 Å². The van der Waals surface area contributed by atoms with Gasteiger partial charge < -0.3 is 32.7 Å². The predicted molar refractivity (Wildman–Crippen MR) is 177 cm³/mol. The van der Waals surface area contributed by atoms with Crippen LogP contribution in [0.3, 0.4) is 0 Å². The first-order valence-electron chi connectivity index (χ1n) is 15.9. The van der Waals surface area contributed by atoms with E-state index in [-0.39, 0.29) is 37.5 Å². The number of hydrogen-bond donors (Lipinski definition) is 6. The van der Waals surface area contributed by atoms with E-state index < -0.39 is 47.8 Å². The third-order valence-corrected chi connectivity index (χ3v) is 8.50. The number of nitrogens with two attached hydrogens (primary N) is 2. The van der Waals surface area contributed by atoms with Gasteiger partial charge in [0, 0.05) is 12.8 Å². The van der Waals surface area contributed by atoms with Crippen molar-refractivity contribution in [1.82, 2.24) is 26.3 Å². The number of thiazole rings is 1. The molecule has 0 spiro atoms. The van der Waals surface area contributed by atoms with Crippen molar-refractivity contribution in [3.05, 3.63) is 28.8 Å². The van der Waals surface area contributed by atoms with E-state index in [1.165, 1.54) is 16.9 Å². The van der Waals surface area contributed by atoms with Crippen LogP contribution in [0.25, 0.3) is 10.2 Å². The Labute approximate surface area is 270 Å². The van der Waals surface area contributed by atoms with Crippen molar-refractivity contribution in [2.75, 3.05) is 6.54 Å². The zero-order chi connectivity index (χ0) is 33.7. The molecule has 1 heterocycles. The van der Waals surface area contributed by atoms with Crippen LogP contribution < -0.4 is 32.7 Å². The highest BCUT2D eigenvalue weighted by atomic mass is 32.1. The average Bonchev–Trinajstić information content (AvgIpc) is 3.39. The summed E-state index contributed by atoms with van der Waals surface area (Å²) < 4.78 is 0.994. The van der Waals surface area contributed by atoms with Crippen molar-refractivity contribution in [1.29, 1.82) is 0 Å². The Balaban J connectivity index is 2.21. The van der Waals surface area contributed by atoms with E-state index in [2.05, 4.69) is 46.2 Å². The van der Waals surface area contributed by atoms with E-state index in [0.29, 0.717) is 36.7 Å². The lowest BCUT2D eigenvalue weighted by Crippen LogP contribution is -2.58. The number of benzene rings is 1. The molecule has 0 unspecified atom stereocenters. The number of rotatable bonds is 19. The number of amides is 5. The molecule has 45 heavy (non-hydrogen) atoms. The van der Waals surface area contributed by atoms with E-state index in [1.54, 1.807) is 13.8 Å². The second-order valence-electron chi connectivity index (χ2n) is 12.1. The Hall–Kier alpha value is -3.58.